The van der Waals surface area contributed by atoms with Crippen LogP contribution in [0.5, 0.6) is 0 Å². The quantitative estimate of drug-likeness (QED) is 0.750. The Balaban J connectivity index is 2.69. The average Bonchev–Trinajstić information content (AvgIpc) is 2.17. The van der Waals surface area contributed by atoms with Gasteiger partial charge in [-0.2, -0.15) is 0 Å². The number of aliphatic hydroxyl groups is 1. The Labute approximate surface area is 79.7 Å². The lowest BCUT2D eigenvalue weighted by molar-refractivity contribution is 0.108. The monoisotopic (exact) mass is 176 g/mol. The van der Waals surface area contributed by atoms with Gasteiger partial charge < -0.3 is 5.11 Å². The summed E-state index contributed by atoms with van der Waals surface area (Å²) in [7, 11) is 0. The largest absolute Gasteiger partial charge is 0.386 e. The van der Waals surface area contributed by atoms with Crippen molar-refractivity contribution < 1.29 is 5.11 Å². The predicted octanol–water partition coefficient (Wildman–Crippen LogP) is 2.86. The smallest absolute Gasteiger partial charge is 0.0800 e. The molecule has 1 aromatic carbocycles. The maximum Gasteiger partial charge on any atom is 0.0800 e. The molecule has 1 nitrogen and oxygen atoms in total. The molecule has 0 aromatic heterocycles. The molecule has 13 heavy (non-hydrogen) atoms. The lowest BCUT2D eigenvalue weighted by Crippen LogP contribution is -2.18. The Bertz CT molecular complexity index is 272. The van der Waals surface area contributed by atoms with Gasteiger partial charge >= 0.3 is 0 Å². The van der Waals surface area contributed by atoms with Gasteiger partial charge in [-0.15, -0.1) is 0 Å². The van der Waals surface area contributed by atoms with E-state index >= 15 is 0 Å². The van der Waals surface area contributed by atoms with Crippen molar-refractivity contribution in [2.24, 2.45) is 0 Å². The molecular formula is C12H16O. The molecule has 0 aliphatic rings. The van der Waals surface area contributed by atoms with Gasteiger partial charge in [-0.05, 0) is 18.9 Å². The van der Waals surface area contributed by atoms with Crippen molar-refractivity contribution in [1.29, 1.82) is 0 Å². The Kier molecular flexibility index (Phi) is 3.26. The van der Waals surface area contributed by atoms with Crippen LogP contribution >= 0.6 is 0 Å². The van der Waals surface area contributed by atoms with Crippen LogP contribution in [0, 0.1) is 0 Å². The first-order valence-electron chi connectivity index (χ1n) is 4.61. The van der Waals surface area contributed by atoms with Gasteiger partial charge in [-0.25, -0.2) is 0 Å². The highest BCUT2D eigenvalue weighted by molar-refractivity contribution is 5.49. The Morgan fingerprint density at radius 2 is 1.92 bits per heavy atom. The summed E-state index contributed by atoms with van der Waals surface area (Å²) in [5.74, 6) is 0. The van der Waals surface area contributed by atoms with Gasteiger partial charge in [0.2, 0.25) is 0 Å². The van der Waals surface area contributed by atoms with Crippen LogP contribution in [0.3, 0.4) is 0 Å². The lowest BCUT2D eigenvalue weighted by atomic mass is 10.0. The van der Waals surface area contributed by atoms with Crippen LogP contribution in [-0.4, -0.2) is 10.7 Å². The van der Waals surface area contributed by atoms with Gasteiger partial charge in [0.1, 0.15) is 0 Å². The topological polar surface area (TPSA) is 20.2 Å². The summed E-state index contributed by atoms with van der Waals surface area (Å²) in [6.07, 6.45) is 4.52. The first-order valence-corrected chi connectivity index (χ1v) is 4.61. The second-order valence-corrected chi connectivity index (χ2v) is 3.45. The number of hydrogen-bond donors (Lipinski definition) is 1. The van der Waals surface area contributed by atoms with Crippen molar-refractivity contribution in [2.45, 2.75) is 25.9 Å². The van der Waals surface area contributed by atoms with Gasteiger partial charge in [-0.3, -0.25) is 0 Å². The van der Waals surface area contributed by atoms with Crippen LogP contribution in [0.25, 0.3) is 6.08 Å². The van der Waals surface area contributed by atoms with Gasteiger partial charge in [0.05, 0.1) is 5.60 Å². The molecule has 1 atom stereocenters. The predicted molar refractivity (Wildman–Crippen MR) is 56.4 cm³/mol. The summed E-state index contributed by atoms with van der Waals surface area (Å²) in [5, 5.41) is 9.70. The molecule has 1 aromatic rings. The van der Waals surface area contributed by atoms with Crippen LogP contribution in [-0.2, 0) is 0 Å². The zero-order chi connectivity index (χ0) is 9.73. The standard InChI is InChI=1S/C12H16O/c1-3-12(2,13)10-9-11-7-5-4-6-8-11/h4-10,13H,3H2,1-2H3/b10-9+/t12-/m0/s1. The molecule has 0 heterocycles. The molecule has 0 aliphatic carbocycles. The van der Waals surface area contributed by atoms with E-state index in [1.54, 1.807) is 0 Å². The van der Waals surface area contributed by atoms with Crippen LogP contribution < -0.4 is 0 Å². The molecule has 0 radical (unpaired) electrons. The van der Waals surface area contributed by atoms with Gasteiger partial charge in [-0.1, -0.05) is 49.4 Å². The van der Waals surface area contributed by atoms with E-state index in [4.69, 9.17) is 0 Å². The molecule has 1 N–H and O–H groups in total. The zero-order valence-electron chi connectivity index (χ0n) is 8.20. The Morgan fingerprint density at radius 1 is 1.31 bits per heavy atom. The normalized spacial score (nSPS) is 15.9. The number of rotatable bonds is 3. The van der Waals surface area contributed by atoms with Crippen LogP contribution in [0.15, 0.2) is 36.4 Å². The first kappa shape index (κ1) is 10.0. The molecule has 1 heteroatoms. The van der Waals surface area contributed by atoms with Crippen molar-refractivity contribution in [3.8, 4) is 0 Å². The van der Waals surface area contributed by atoms with Crippen molar-refractivity contribution in [3.63, 3.8) is 0 Å². The van der Waals surface area contributed by atoms with E-state index in [0.29, 0.717) is 0 Å². The molecule has 0 fully saturated rings. The van der Waals surface area contributed by atoms with Crippen molar-refractivity contribution >= 4 is 6.08 Å². The summed E-state index contributed by atoms with van der Waals surface area (Å²) in [5.41, 5.74) is 0.437. The van der Waals surface area contributed by atoms with E-state index in [-0.39, 0.29) is 0 Å². The van der Waals surface area contributed by atoms with Crippen LogP contribution in [0.4, 0.5) is 0 Å². The number of benzene rings is 1. The van der Waals surface area contributed by atoms with E-state index in [1.165, 1.54) is 0 Å². The summed E-state index contributed by atoms with van der Waals surface area (Å²) < 4.78 is 0. The SMILES string of the molecule is CC[C@](C)(O)/C=C/c1ccccc1. The highest BCUT2D eigenvalue weighted by atomic mass is 16.3. The fraction of sp³-hybridized carbons (Fsp3) is 0.333. The minimum atomic E-state index is -0.685. The van der Waals surface area contributed by atoms with Crippen molar-refractivity contribution in [3.05, 3.63) is 42.0 Å². The molecule has 0 bridgehead atoms. The van der Waals surface area contributed by atoms with E-state index in [9.17, 15) is 5.11 Å². The highest BCUT2D eigenvalue weighted by Crippen LogP contribution is 2.12. The van der Waals surface area contributed by atoms with E-state index in [0.717, 1.165) is 12.0 Å². The Hall–Kier alpha value is -1.08. The van der Waals surface area contributed by atoms with E-state index in [2.05, 4.69) is 0 Å². The second-order valence-electron chi connectivity index (χ2n) is 3.45. The van der Waals surface area contributed by atoms with Crippen LogP contribution in [0.1, 0.15) is 25.8 Å². The summed E-state index contributed by atoms with van der Waals surface area (Å²) in [6, 6.07) is 9.99. The van der Waals surface area contributed by atoms with E-state index < -0.39 is 5.60 Å². The lowest BCUT2D eigenvalue weighted by Gasteiger charge is -2.15. The molecule has 0 aliphatic heterocycles. The zero-order valence-corrected chi connectivity index (χ0v) is 8.20. The third-order valence-corrected chi connectivity index (χ3v) is 2.15. The third-order valence-electron chi connectivity index (χ3n) is 2.15. The Morgan fingerprint density at radius 3 is 2.46 bits per heavy atom. The van der Waals surface area contributed by atoms with Crippen molar-refractivity contribution in [1.82, 2.24) is 0 Å². The summed E-state index contributed by atoms with van der Waals surface area (Å²) in [6.45, 7) is 3.78. The summed E-state index contributed by atoms with van der Waals surface area (Å²) >= 11 is 0. The maximum atomic E-state index is 9.70. The molecular weight excluding hydrogens is 160 g/mol. The van der Waals surface area contributed by atoms with Gasteiger partial charge in [0.15, 0.2) is 0 Å². The number of hydrogen-bond acceptors (Lipinski definition) is 1. The molecule has 0 unspecified atom stereocenters. The minimum absolute atomic E-state index is 0.685. The fourth-order valence-corrected chi connectivity index (χ4v) is 0.958. The average molecular weight is 176 g/mol. The molecule has 1 rings (SSSR count). The highest BCUT2D eigenvalue weighted by Gasteiger charge is 2.11. The minimum Gasteiger partial charge on any atom is -0.386 e. The third kappa shape index (κ3) is 3.43. The molecule has 0 saturated heterocycles. The molecule has 0 amide bonds. The van der Waals surface area contributed by atoms with Crippen molar-refractivity contribution in [2.75, 3.05) is 0 Å². The van der Waals surface area contributed by atoms with Gasteiger partial charge in [0.25, 0.3) is 0 Å². The maximum absolute atomic E-state index is 9.70. The second kappa shape index (κ2) is 4.24. The molecule has 0 saturated carbocycles. The van der Waals surface area contributed by atoms with Crippen LogP contribution in [0.2, 0.25) is 0 Å². The summed E-state index contributed by atoms with van der Waals surface area (Å²) in [4.78, 5) is 0. The molecule has 0 spiro atoms. The first-order chi connectivity index (χ1) is 6.14. The van der Waals surface area contributed by atoms with Gasteiger partial charge in [0, 0.05) is 0 Å². The van der Waals surface area contributed by atoms with E-state index in [1.807, 2.05) is 56.3 Å². The molecule has 70 valence electrons. The fourth-order valence-electron chi connectivity index (χ4n) is 0.958.